The minimum Gasteiger partial charge on any atom is -0.374 e. The van der Waals surface area contributed by atoms with Crippen LogP contribution < -0.4 is 0 Å². The van der Waals surface area contributed by atoms with E-state index in [4.69, 9.17) is 18.9 Å². The van der Waals surface area contributed by atoms with Gasteiger partial charge >= 0.3 is 0 Å². The van der Waals surface area contributed by atoms with Gasteiger partial charge in [-0.25, -0.2) is 0 Å². The zero-order valence-electron chi connectivity index (χ0n) is 25.4. The van der Waals surface area contributed by atoms with E-state index in [1.54, 1.807) is 0 Å². The van der Waals surface area contributed by atoms with Crippen molar-refractivity contribution in [2.45, 2.75) is 75.3 Å². The number of hydrogen-bond acceptors (Lipinski definition) is 5. The first kappa shape index (κ1) is 30.1. The topological polar surface area (TPSA) is 36.9 Å². The Morgan fingerprint density at radius 1 is 0.698 bits per heavy atom. The molecular weight excluding hydrogens is 552 g/mol. The first-order chi connectivity index (χ1) is 21.0. The van der Waals surface area contributed by atoms with Gasteiger partial charge in [0.1, 0.15) is 12.2 Å². The highest BCUT2D eigenvalue weighted by Gasteiger charge is 2.50. The zero-order chi connectivity index (χ0) is 29.6. The summed E-state index contributed by atoms with van der Waals surface area (Å²) < 4.78 is 27.0. The maximum Gasteiger partial charge on any atom is 0.113 e. The third kappa shape index (κ3) is 7.42. The van der Waals surface area contributed by atoms with E-state index in [0.717, 1.165) is 22.4 Å². The quantitative estimate of drug-likeness (QED) is 0.184. The van der Waals surface area contributed by atoms with Gasteiger partial charge in [-0.15, -0.1) is 11.8 Å². The predicted octanol–water partition coefficient (Wildman–Crippen LogP) is 8.53. The van der Waals surface area contributed by atoms with E-state index < -0.39 is 0 Å². The minimum atomic E-state index is -0.288. The molecule has 224 valence electrons. The van der Waals surface area contributed by atoms with Crippen molar-refractivity contribution in [1.29, 1.82) is 0 Å². The summed E-state index contributed by atoms with van der Waals surface area (Å²) >= 11 is 1.91. The molecule has 5 atom stereocenters. The Morgan fingerprint density at radius 3 is 1.84 bits per heavy atom. The van der Waals surface area contributed by atoms with Crippen molar-refractivity contribution in [3.8, 4) is 0 Å². The van der Waals surface area contributed by atoms with E-state index in [2.05, 4.69) is 99.6 Å². The summed E-state index contributed by atoms with van der Waals surface area (Å²) in [6, 6.07) is 38.0. The first-order valence-electron chi connectivity index (χ1n) is 15.3. The van der Waals surface area contributed by atoms with Crippen LogP contribution in [0.5, 0.6) is 0 Å². The van der Waals surface area contributed by atoms with Crippen LogP contribution in [0.2, 0.25) is 0 Å². The van der Waals surface area contributed by atoms with Crippen LogP contribution in [0.25, 0.3) is 0 Å². The van der Waals surface area contributed by atoms with Crippen molar-refractivity contribution in [1.82, 2.24) is 0 Å². The van der Waals surface area contributed by atoms with Crippen molar-refractivity contribution in [2.75, 3.05) is 12.4 Å². The van der Waals surface area contributed by atoms with Crippen molar-refractivity contribution in [2.24, 2.45) is 5.92 Å². The fourth-order valence-electron chi connectivity index (χ4n) is 5.99. The predicted molar refractivity (Wildman–Crippen MR) is 173 cm³/mol. The van der Waals surface area contributed by atoms with E-state index in [9.17, 15) is 0 Å². The van der Waals surface area contributed by atoms with E-state index in [1.807, 2.05) is 42.1 Å². The fourth-order valence-corrected chi connectivity index (χ4v) is 7.23. The second kappa shape index (κ2) is 13.8. The van der Waals surface area contributed by atoms with Gasteiger partial charge in [0.05, 0.1) is 38.6 Å². The van der Waals surface area contributed by atoms with Crippen LogP contribution in [0.1, 0.15) is 54.7 Å². The van der Waals surface area contributed by atoms with Gasteiger partial charge in [-0.2, -0.15) is 0 Å². The van der Waals surface area contributed by atoms with Crippen LogP contribution in [0.4, 0.5) is 0 Å². The molecule has 2 aliphatic heterocycles. The molecule has 1 fully saturated rings. The monoisotopic (exact) mass is 594 g/mol. The largest absolute Gasteiger partial charge is 0.374 e. The molecule has 4 aromatic carbocycles. The van der Waals surface area contributed by atoms with Gasteiger partial charge in [-0.05, 0) is 39.3 Å². The van der Waals surface area contributed by atoms with E-state index >= 15 is 0 Å². The molecule has 6 rings (SSSR count). The number of thioether (sulfide) groups is 1. The highest BCUT2D eigenvalue weighted by atomic mass is 32.2. The summed E-state index contributed by atoms with van der Waals surface area (Å²) in [5.41, 5.74) is 6.05. The van der Waals surface area contributed by atoms with Gasteiger partial charge in [0, 0.05) is 16.6 Å². The Morgan fingerprint density at radius 2 is 1.26 bits per heavy atom. The van der Waals surface area contributed by atoms with E-state index in [-0.39, 0.29) is 35.7 Å². The molecular formula is C38H42O4S. The lowest BCUT2D eigenvalue weighted by Crippen LogP contribution is -2.56. The number of fused-ring (bicyclic) bond motifs is 3. The summed E-state index contributed by atoms with van der Waals surface area (Å²) in [5.74, 6) is 1.05. The van der Waals surface area contributed by atoms with Crippen LogP contribution in [-0.2, 0) is 44.2 Å². The Balaban J connectivity index is 1.32. The Bertz CT molecular complexity index is 1440. The number of ether oxygens (including phenoxy) is 4. The SMILES string of the molecule is CC(C)(C)c1ccc2c(c1)[C@H]1O[C@H](COCc3ccccc3)[C@H](OCc3ccccc3)[C@H](OCc3ccccc3)[C@H]1CS2. The summed E-state index contributed by atoms with van der Waals surface area (Å²) in [6.07, 6.45) is -0.828. The Labute approximate surface area is 260 Å². The van der Waals surface area contributed by atoms with Gasteiger partial charge in [0.2, 0.25) is 0 Å². The lowest BCUT2D eigenvalue weighted by atomic mass is 9.81. The number of hydrogen-bond donors (Lipinski definition) is 0. The minimum absolute atomic E-state index is 0.0457. The lowest BCUT2D eigenvalue weighted by Gasteiger charge is -2.49. The van der Waals surface area contributed by atoms with Crippen LogP contribution in [0, 0.1) is 5.92 Å². The maximum absolute atomic E-state index is 7.06. The first-order valence-corrected chi connectivity index (χ1v) is 16.3. The average Bonchev–Trinajstić information content (AvgIpc) is 3.03. The van der Waals surface area contributed by atoms with Crippen molar-refractivity contribution < 1.29 is 18.9 Å². The van der Waals surface area contributed by atoms with Crippen molar-refractivity contribution in [3.05, 3.63) is 137 Å². The van der Waals surface area contributed by atoms with Crippen LogP contribution in [0.3, 0.4) is 0 Å². The van der Waals surface area contributed by atoms with Crippen molar-refractivity contribution in [3.63, 3.8) is 0 Å². The molecule has 0 aromatic heterocycles. The number of benzene rings is 4. The molecule has 43 heavy (non-hydrogen) atoms. The van der Waals surface area contributed by atoms with E-state index in [1.165, 1.54) is 16.0 Å². The molecule has 4 aromatic rings. The molecule has 2 heterocycles. The lowest BCUT2D eigenvalue weighted by molar-refractivity contribution is -0.244. The highest BCUT2D eigenvalue weighted by molar-refractivity contribution is 7.99. The van der Waals surface area contributed by atoms with E-state index in [0.29, 0.717) is 26.4 Å². The second-order valence-electron chi connectivity index (χ2n) is 12.6. The second-order valence-corrected chi connectivity index (χ2v) is 13.7. The molecule has 0 spiro atoms. The molecule has 0 amide bonds. The smallest absolute Gasteiger partial charge is 0.113 e. The van der Waals surface area contributed by atoms with Gasteiger partial charge in [-0.3, -0.25) is 0 Å². The standard InChI is InChI=1S/C38H42O4S/c1-38(2,3)30-19-20-34-31(21-30)35-32(26-43-34)36(40-23-28-15-9-5-10-16-28)37(41-24-29-17-11-6-12-18-29)33(42-35)25-39-22-27-13-7-4-8-14-27/h4-21,32-33,35-37H,22-26H2,1-3H3/t32-,33+,35+,36+,37-/m0/s1. The molecule has 0 aliphatic carbocycles. The molecule has 4 nitrogen and oxygen atoms in total. The Hall–Kier alpha value is -2.93. The van der Waals surface area contributed by atoms with Gasteiger partial charge in [0.25, 0.3) is 0 Å². The molecule has 0 saturated carbocycles. The molecule has 0 radical (unpaired) electrons. The summed E-state index contributed by atoms with van der Waals surface area (Å²) in [5, 5.41) is 0. The van der Waals surface area contributed by atoms with Crippen molar-refractivity contribution >= 4 is 11.8 Å². The molecule has 1 saturated heterocycles. The average molecular weight is 595 g/mol. The third-order valence-electron chi connectivity index (χ3n) is 8.40. The summed E-state index contributed by atoms with van der Waals surface area (Å²) in [4.78, 5) is 1.30. The maximum atomic E-state index is 7.06. The van der Waals surface area contributed by atoms with Gasteiger partial charge in [-0.1, -0.05) is 124 Å². The third-order valence-corrected chi connectivity index (χ3v) is 9.63. The number of rotatable bonds is 10. The molecule has 0 N–H and O–H groups in total. The molecule has 0 bridgehead atoms. The molecule has 5 heteroatoms. The van der Waals surface area contributed by atoms with Crippen LogP contribution in [-0.4, -0.2) is 30.7 Å². The Kier molecular flexibility index (Phi) is 9.66. The van der Waals surface area contributed by atoms with Crippen LogP contribution >= 0.6 is 11.8 Å². The van der Waals surface area contributed by atoms with Gasteiger partial charge in [0.15, 0.2) is 0 Å². The fraction of sp³-hybridized carbons (Fsp3) is 0.368. The van der Waals surface area contributed by atoms with Gasteiger partial charge < -0.3 is 18.9 Å². The zero-order valence-corrected chi connectivity index (χ0v) is 26.2. The molecule has 2 aliphatic rings. The summed E-state index contributed by atoms with van der Waals surface area (Å²) in [7, 11) is 0. The summed E-state index contributed by atoms with van der Waals surface area (Å²) in [6.45, 7) is 8.76. The highest BCUT2D eigenvalue weighted by Crippen LogP contribution is 2.49. The normalized spacial score (nSPS) is 23.4. The molecule has 0 unspecified atom stereocenters. The van der Waals surface area contributed by atoms with Crippen LogP contribution in [0.15, 0.2) is 114 Å².